The molecule has 0 saturated carbocycles. The molecule has 1 heterocycles. The van der Waals surface area contributed by atoms with Gasteiger partial charge in [0.25, 0.3) is 0 Å². The third-order valence-electron chi connectivity index (χ3n) is 3.56. The van der Waals surface area contributed by atoms with Crippen molar-refractivity contribution in [2.75, 3.05) is 13.2 Å². The highest BCUT2D eigenvalue weighted by Gasteiger charge is 2.18. The summed E-state index contributed by atoms with van der Waals surface area (Å²) in [4.78, 5) is 11.5. The average Bonchev–Trinajstić information content (AvgIpc) is 2.40. The lowest BCUT2D eigenvalue weighted by atomic mass is 9.91. The Labute approximate surface area is 119 Å². The van der Waals surface area contributed by atoms with Gasteiger partial charge in [0, 0.05) is 6.61 Å². The first-order chi connectivity index (χ1) is 9.63. The van der Waals surface area contributed by atoms with Crippen LogP contribution in [0, 0.1) is 11.7 Å². The number of ether oxygens (including phenoxy) is 2. The van der Waals surface area contributed by atoms with E-state index in [0.717, 1.165) is 24.8 Å². The van der Waals surface area contributed by atoms with E-state index >= 15 is 0 Å². The Morgan fingerprint density at radius 1 is 1.25 bits per heavy atom. The molecule has 0 aromatic heterocycles. The third-order valence-corrected chi connectivity index (χ3v) is 3.56. The number of benzene rings is 1. The molecule has 0 spiro atoms. The molecule has 1 aliphatic rings. The molecular weight excluding hydrogens is 259 g/mol. The summed E-state index contributed by atoms with van der Waals surface area (Å²) in [5.41, 5.74) is 1.10. The maximum atomic E-state index is 12.9. The zero-order chi connectivity index (χ0) is 14.4. The van der Waals surface area contributed by atoms with Gasteiger partial charge in [0.2, 0.25) is 0 Å². The van der Waals surface area contributed by atoms with E-state index in [4.69, 9.17) is 9.47 Å². The van der Waals surface area contributed by atoms with Crippen molar-refractivity contribution in [3.8, 4) is 0 Å². The number of carbonyl (C=O) groups excluding carboxylic acids is 1. The van der Waals surface area contributed by atoms with Gasteiger partial charge in [-0.1, -0.05) is 12.1 Å². The summed E-state index contributed by atoms with van der Waals surface area (Å²) in [6.07, 6.45) is 2.84. The van der Waals surface area contributed by atoms with E-state index in [0.29, 0.717) is 25.6 Å². The van der Waals surface area contributed by atoms with Gasteiger partial charge in [0.15, 0.2) is 0 Å². The minimum Gasteiger partial charge on any atom is -0.463 e. The Kier molecular flexibility index (Phi) is 5.53. The maximum absolute atomic E-state index is 12.9. The largest absolute Gasteiger partial charge is 0.463 e. The number of halogens is 1. The van der Waals surface area contributed by atoms with E-state index in [-0.39, 0.29) is 17.9 Å². The Bertz CT molecular complexity index is 430. The van der Waals surface area contributed by atoms with Gasteiger partial charge >= 0.3 is 5.97 Å². The molecule has 2 atom stereocenters. The van der Waals surface area contributed by atoms with Crippen molar-refractivity contribution in [1.82, 2.24) is 0 Å². The van der Waals surface area contributed by atoms with E-state index in [1.54, 1.807) is 0 Å². The van der Waals surface area contributed by atoms with E-state index in [1.807, 2.05) is 19.1 Å². The second-order valence-corrected chi connectivity index (χ2v) is 5.38. The smallest absolute Gasteiger partial charge is 0.308 e. The standard InChI is InChI=1S/C16H21FO3/c1-12-10-14(6-8-19-9-7-16(18)20-12)11-13-2-4-15(17)5-3-13/h2-5,12,14H,6-11H2,1H3/t12?,14-/m0/s1. The highest BCUT2D eigenvalue weighted by atomic mass is 19.1. The summed E-state index contributed by atoms with van der Waals surface area (Å²) in [7, 11) is 0. The molecule has 1 fully saturated rings. The van der Waals surface area contributed by atoms with Crippen LogP contribution in [-0.4, -0.2) is 25.3 Å². The van der Waals surface area contributed by atoms with Gasteiger partial charge in [0.1, 0.15) is 5.82 Å². The Morgan fingerprint density at radius 3 is 2.75 bits per heavy atom. The van der Waals surface area contributed by atoms with Gasteiger partial charge in [-0.05, 0) is 49.8 Å². The van der Waals surface area contributed by atoms with Crippen LogP contribution in [0.1, 0.15) is 31.7 Å². The molecule has 0 amide bonds. The van der Waals surface area contributed by atoms with Crippen LogP contribution in [0.25, 0.3) is 0 Å². The third kappa shape index (κ3) is 4.93. The highest BCUT2D eigenvalue weighted by molar-refractivity contribution is 5.69. The summed E-state index contributed by atoms with van der Waals surface area (Å²) in [6, 6.07) is 6.59. The molecule has 1 aromatic rings. The van der Waals surface area contributed by atoms with Crippen LogP contribution in [0.5, 0.6) is 0 Å². The summed E-state index contributed by atoms with van der Waals surface area (Å²) in [5, 5.41) is 0. The van der Waals surface area contributed by atoms with Crippen LogP contribution in [-0.2, 0) is 20.7 Å². The zero-order valence-corrected chi connectivity index (χ0v) is 11.8. The van der Waals surface area contributed by atoms with Gasteiger partial charge in [-0.2, -0.15) is 0 Å². The molecule has 1 aliphatic heterocycles. The summed E-state index contributed by atoms with van der Waals surface area (Å²) in [5.74, 6) is -0.0355. The van der Waals surface area contributed by atoms with Crippen LogP contribution < -0.4 is 0 Å². The minimum absolute atomic E-state index is 0.0777. The Balaban J connectivity index is 1.96. The second kappa shape index (κ2) is 7.39. The lowest BCUT2D eigenvalue weighted by molar-refractivity contribution is -0.151. The molecular formula is C16H21FO3. The lowest BCUT2D eigenvalue weighted by Crippen LogP contribution is -2.23. The van der Waals surface area contributed by atoms with E-state index in [2.05, 4.69) is 0 Å². The van der Waals surface area contributed by atoms with Gasteiger partial charge in [-0.15, -0.1) is 0 Å². The first-order valence-electron chi connectivity index (χ1n) is 7.15. The van der Waals surface area contributed by atoms with Crippen molar-refractivity contribution in [3.05, 3.63) is 35.6 Å². The molecule has 110 valence electrons. The van der Waals surface area contributed by atoms with Gasteiger partial charge < -0.3 is 9.47 Å². The van der Waals surface area contributed by atoms with Crippen LogP contribution in [0.3, 0.4) is 0 Å². The molecule has 4 heteroatoms. The fourth-order valence-electron chi connectivity index (χ4n) is 2.57. The van der Waals surface area contributed by atoms with Gasteiger partial charge in [0.05, 0.1) is 19.1 Å². The molecule has 0 radical (unpaired) electrons. The number of hydrogen-bond acceptors (Lipinski definition) is 3. The quantitative estimate of drug-likeness (QED) is 0.781. The molecule has 1 aromatic carbocycles. The predicted molar refractivity (Wildman–Crippen MR) is 73.8 cm³/mol. The van der Waals surface area contributed by atoms with E-state index in [1.165, 1.54) is 12.1 Å². The fraction of sp³-hybridized carbons (Fsp3) is 0.562. The molecule has 1 saturated heterocycles. The molecule has 3 nitrogen and oxygen atoms in total. The molecule has 2 rings (SSSR count). The summed E-state index contributed by atoms with van der Waals surface area (Å²) < 4.78 is 23.7. The normalized spacial score (nSPS) is 25.0. The number of esters is 1. The van der Waals surface area contributed by atoms with Crippen LogP contribution >= 0.6 is 0 Å². The van der Waals surface area contributed by atoms with Gasteiger partial charge in [-0.25, -0.2) is 4.39 Å². The monoisotopic (exact) mass is 280 g/mol. The van der Waals surface area contributed by atoms with Crippen molar-refractivity contribution in [2.45, 2.75) is 38.7 Å². The van der Waals surface area contributed by atoms with Crippen molar-refractivity contribution in [1.29, 1.82) is 0 Å². The van der Waals surface area contributed by atoms with Gasteiger partial charge in [-0.3, -0.25) is 4.79 Å². The number of cyclic esters (lactones) is 1. The first-order valence-corrected chi connectivity index (χ1v) is 7.15. The topological polar surface area (TPSA) is 35.5 Å². The number of hydrogen-bond donors (Lipinski definition) is 0. The fourth-order valence-corrected chi connectivity index (χ4v) is 2.57. The second-order valence-electron chi connectivity index (χ2n) is 5.38. The van der Waals surface area contributed by atoms with E-state index in [9.17, 15) is 9.18 Å². The molecule has 1 unspecified atom stereocenters. The van der Waals surface area contributed by atoms with Crippen LogP contribution in [0.4, 0.5) is 4.39 Å². The van der Waals surface area contributed by atoms with E-state index < -0.39 is 0 Å². The predicted octanol–water partition coefficient (Wildman–Crippen LogP) is 3.12. The highest BCUT2D eigenvalue weighted by Crippen LogP contribution is 2.21. The van der Waals surface area contributed by atoms with Crippen molar-refractivity contribution in [2.24, 2.45) is 5.92 Å². The van der Waals surface area contributed by atoms with Crippen molar-refractivity contribution in [3.63, 3.8) is 0 Å². The molecule has 0 N–H and O–H groups in total. The number of carbonyl (C=O) groups is 1. The average molecular weight is 280 g/mol. The molecule has 20 heavy (non-hydrogen) atoms. The number of rotatable bonds is 2. The van der Waals surface area contributed by atoms with Crippen LogP contribution in [0.2, 0.25) is 0 Å². The maximum Gasteiger partial charge on any atom is 0.308 e. The molecule has 0 aliphatic carbocycles. The summed E-state index contributed by atoms with van der Waals surface area (Å²) >= 11 is 0. The Morgan fingerprint density at radius 2 is 2.00 bits per heavy atom. The lowest BCUT2D eigenvalue weighted by Gasteiger charge is -2.23. The van der Waals surface area contributed by atoms with Crippen LogP contribution in [0.15, 0.2) is 24.3 Å². The Hall–Kier alpha value is -1.42. The van der Waals surface area contributed by atoms with Crippen molar-refractivity contribution >= 4 is 5.97 Å². The summed E-state index contributed by atoms with van der Waals surface area (Å²) in [6.45, 7) is 3.01. The SMILES string of the molecule is CC1C[C@@H](Cc2ccc(F)cc2)CCOCCC(=O)O1. The van der Waals surface area contributed by atoms with Crippen molar-refractivity contribution < 1.29 is 18.7 Å². The zero-order valence-electron chi connectivity index (χ0n) is 11.8. The molecule has 0 bridgehead atoms. The minimum atomic E-state index is -0.217. The first kappa shape index (κ1) is 15.0.